The van der Waals surface area contributed by atoms with Crippen LogP contribution < -0.4 is 0 Å². The Balaban J connectivity index is 1.77. The molecule has 3 rings (SSSR count). The highest BCUT2D eigenvalue weighted by Gasteiger charge is 2.30. The van der Waals surface area contributed by atoms with Crippen LogP contribution in [0.3, 0.4) is 0 Å². The summed E-state index contributed by atoms with van der Waals surface area (Å²) < 4.78 is 29.4. The number of rotatable bonds is 5. The van der Waals surface area contributed by atoms with Crippen LogP contribution in [0.15, 0.2) is 41.8 Å². The fourth-order valence-corrected chi connectivity index (χ4v) is 4.78. The molecule has 1 aromatic heterocycles. The summed E-state index contributed by atoms with van der Waals surface area (Å²) in [5.41, 5.74) is 1.05. The topological polar surface area (TPSA) is 68.1 Å². The summed E-state index contributed by atoms with van der Waals surface area (Å²) in [5.74, 6) is 0.574. The second-order valence-electron chi connectivity index (χ2n) is 6.72. The predicted molar refractivity (Wildman–Crippen MR) is 92.0 cm³/mol. The smallest absolute Gasteiger partial charge is 0.243 e. The molecule has 0 spiro atoms. The van der Waals surface area contributed by atoms with E-state index in [-0.39, 0.29) is 5.92 Å². The first-order valence-electron chi connectivity index (χ1n) is 8.39. The lowest BCUT2D eigenvalue weighted by atomic mass is 10.00. The van der Waals surface area contributed by atoms with Crippen molar-refractivity contribution in [2.45, 2.75) is 44.0 Å². The molecule has 24 heavy (non-hydrogen) atoms. The Labute approximate surface area is 143 Å². The number of sulfonamides is 1. The third-order valence-corrected chi connectivity index (χ3v) is 6.42. The predicted octanol–water partition coefficient (Wildman–Crippen LogP) is 2.50. The molecule has 1 atom stereocenters. The maximum Gasteiger partial charge on any atom is 0.243 e. The van der Waals surface area contributed by atoms with Crippen molar-refractivity contribution in [3.05, 3.63) is 42.5 Å². The molecule has 0 bridgehead atoms. The van der Waals surface area contributed by atoms with Crippen molar-refractivity contribution in [2.24, 2.45) is 5.92 Å². The summed E-state index contributed by atoms with van der Waals surface area (Å²) >= 11 is 0. The van der Waals surface area contributed by atoms with Gasteiger partial charge in [0.05, 0.1) is 4.90 Å². The Morgan fingerprint density at radius 2 is 2.17 bits per heavy atom. The van der Waals surface area contributed by atoms with E-state index in [2.05, 4.69) is 23.9 Å². The molecule has 1 aliphatic rings. The third-order valence-electron chi connectivity index (χ3n) is 4.56. The van der Waals surface area contributed by atoms with E-state index in [1.54, 1.807) is 27.4 Å². The van der Waals surface area contributed by atoms with E-state index in [0.29, 0.717) is 30.4 Å². The zero-order valence-corrected chi connectivity index (χ0v) is 15.0. The molecule has 1 saturated heterocycles. The van der Waals surface area contributed by atoms with Gasteiger partial charge in [-0.3, -0.25) is 4.68 Å². The van der Waals surface area contributed by atoms with Crippen LogP contribution in [0.1, 0.15) is 38.2 Å². The van der Waals surface area contributed by atoms with E-state index in [1.807, 2.05) is 12.1 Å². The van der Waals surface area contributed by atoms with Gasteiger partial charge >= 0.3 is 0 Å². The van der Waals surface area contributed by atoms with Crippen molar-refractivity contribution in [3.63, 3.8) is 0 Å². The lowest BCUT2D eigenvalue weighted by Crippen LogP contribution is -2.41. The maximum absolute atomic E-state index is 13.0. The van der Waals surface area contributed by atoms with E-state index in [9.17, 15) is 8.42 Å². The highest BCUT2D eigenvalue weighted by molar-refractivity contribution is 7.89. The van der Waals surface area contributed by atoms with Gasteiger partial charge in [-0.05, 0) is 42.4 Å². The van der Waals surface area contributed by atoms with E-state index >= 15 is 0 Å². The first-order chi connectivity index (χ1) is 11.5. The minimum atomic E-state index is -3.44. The van der Waals surface area contributed by atoms with Gasteiger partial charge in [-0.2, -0.15) is 9.40 Å². The largest absolute Gasteiger partial charge is 0.253 e. The Kier molecular flexibility index (Phi) is 5.01. The molecule has 130 valence electrons. The van der Waals surface area contributed by atoms with Gasteiger partial charge in [-0.15, -0.1) is 0 Å². The highest BCUT2D eigenvalue weighted by Crippen LogP contribution is 2.26. The zero-order chi connectivity index (χ0) is 17.2. The van der Waals surface area contributed by atoms with E-state index in [1.165, 1.54) is 6.33 Å². The minimum Gasteiger partial charge on any atom is -0.253 e. The zero-order valence-electron chi connectivity index (χ0n) is 14.2. The number of aromatic nitrogens is 3. The van der Waals surface area contributed by atoms with Crippen molar-refractivity contribution >= 4 is 10.0 Å². The van der Waals surface area contributed by atoms with Gasteiger partial charge in [0.25, 0.3) is 0 Å². The summed E-state index contributed by atoms with van der Waals surface area (Å²) in [4.78, 5) is 4.35. The molecule has 1 unspecified atom stereocenters. The van der Waals surface area contributed by atoms with E-state index < -0.39 is 10.0 Å². The standard InChI is InChI=1S/C17H24N4O2S/c1-14(2)16-6-3-7-17(9-16)24(22,23)21-8-4-5-15(11-21)10-20-13-18-12-19-20/h3,6-7,9,12-15H,4-5,8,10-11H2,1-2H3. The molecule has 0 saturated carbocycles. The fraction of sp³-hybridized carbons (Fsp3) is 0.529. The van der Waals surface area contributed by atoms with Crippen LogP contribution in [-0.4, -0.2) is 40.6 Å². The second-order valence-corrected chi connectivity index (χ2v) is 8.65. The van der Waals surface area contributed by atoms with Crippen molar-refractivity contribution in [2.75, 3.05) is 13.1 Å². The van der Waals surface area contributed by atoms with Crippen LogP contribution in [0.25, 0.3) is 0 Å². The van der Waals surface area contributed by atoms with Gasteiger partial charge in [0.1, 0.15) is 12.7 Å². The molecular weight excluding hydrogens is 324 g/mol. The van der Waals surface area contributed by atoms with Gasteiger partial charge in [0, 0.05) is 19.6 Å². The van der Waals surface area contributed by atoms with Crippen LogP contribution in [0.2, 0.25) is 0 Å². The molecule has 0 aliphatic carbocycles. The number of hydrogen-bond acceptors (Lipinski definition) is 4. The molecule has 0 radical (unpaired) electrons. The van der Waals surface area contributed by atoms with Crippen LogP contribution >= 0.6 is 0 Å². The van der Waals surface area contributed by atoms with Crippen LogP contribution in [0.4, 0.5) is 0 Å². The van der Waals surface area contributed by atoms with Crippen molar-refractivity contribution in [1.29, 1.82) is 0 Å². The summed E-state index contributed by atoms with van der Waals surface area (Å²) in [7, 11) is -3.44. The van der Waals surface area contributed by atoms with Gasteiger partial charge in [0.2, 0.25) is 10.0 Å². The van der Waals surface area contributed by atoms with Crippen molar-refractivity contribution in [3.8, 4) is 0 Å². The lowest BCUT2D eigenvalue weighted by Gasteiger charge is -2.32. The average molecular weight is 348 g/mol. The van der Waals surface area contributed by atoms with Gasteiger partial charge < -0.3 is 0 Å². The number of piperidine rings is 1. The summed E-state index contributed by atoms with van der Waals surface area (Å²) in [6, 6.07) is 7.32. The van der Waals surface area contributed by atoms with Crippen molar-refractivity contribution in [1.82, 2.24) is 19.1 Å². The Morgan fingerprint density at radius 3 is 2.88 bits per heavy atom. The molecule has 1 aliphatic heterocycles. The van der Waals surface area contributed by atoms with Gasteiger partial charge in [-0.25, -0.2) is 13.4 Å². The molecule has 0 N–H and O–H groups in total. The highest BCUT2D eigenvalue weighted by atomic mass is 32.2. The third kappa shape index (κ3) is 3.67. The molecule has 7 heteroatoms. The minimum absolute atomic E-state index is 0.267. The quantitative estimate of drug-likeness (QED) is 0.832. The summed E-state index contributed by atoms with van der Waals surface area (Å²) in [6.45, 7) is 5.97. The monoisotopic (exact) mass is 348 g/mol. The average Bonchev–Trinajstić information content (AvgIpc) is 3.08. The first kappa shape index (κ1) is 17.1. The molecule has 6 nitrogen and oxygen atoms in total. The van der Waals surface area contributed by atoms with Crippen molar-refractivity contribution < 1.29 is 8.42 Å². The summed E-state index contributed by atoms with van der Waals surface area (Å²) in [6.07, 6.45) is 5.08. The fourth-order valence-electron chi connectivity index (χ4n) is 3.17. The van der Waals surface area contributed by atoms with Gasteiger partial charge in [0.15, 0.2) is 0 Å². The van der Waals surface area contributed by atoms with Crippen LogP contribution in [0.5, 0.6) is 0 Å². The number of hydrogen-bond donors (Lipinski definition) is 0. The van der Waals surface area contributed by atoms with E-state index in [0.717, 1.165) is 18.4 Å². The van der Waals surface area contributed by atoms with E-state index in [4.69, 9.17) is 0 Å². The van der Waals surface area contributed by atoms with Gasteiger partial charge in [-0.1, -0.05) is 26.0 Å². The lowest BCUT2D eigenvalue weighted by molar-refractivity contribution is 0.239. The molecule has 1 aromatic carbocycles. The number of nitrogens with zero attached hydrogens (tertiary/aromatic N) is 4. The molecule has 2 aromatic rings. The van der Waals surface area contributed by atoms with Crippen LogP contribution in [-0.2, 0) is 16.6 Å². The second kappa shape index (κ2) is 7.03. The number of benzene rings is 1. The Bertz CT molecular complexity index is 772. The Hall–Kier alpha value is -1.73. The SMILES string of the molecule is CC(C)c1cccc(S(=O)(=O)N2CCCC(Cn3cncn3)C2)c1. The molecule has 2 heterocycles. The van der Waals surface area contributed by atoms with Crippen LogP contribution in [0, 0.1) is 5.92 Å². The Morgan fingerprint density at radius 1 is 1.33 bits per heavy atom. The molecule has 1 fully saturated rings. The maximum atomic E-state index is 13.0. The first-order valence-corrected chi connectivity index (χ1v) is 9.83. The molecule has 0 amide bonds. The normalized spacial score (nSPS) is 19.7. The summed E-state index contributed by atoms with van der Waals surface area (Å²) in [5, 5.41) is 4.12. The molecular formula is C17H24N4O2S.